The molecule has 0 bridgehead atoms. The predicted octanol–water partition coefficient (Wildman–Crippen LogP) is 0.560. The van der Waals surface area contributed by atoms with Crippen LogP contribution in [0.15, 0.2) is 24.3 Å². The molecule has 0 saturated heterocycles. The smallest absolute Gasteiger partial charge is 0.171 e. The van der Waals surface area contributed by atoms with Gasteiger partial charge < -0.3 is 5.11 Å². The van der Waals surface area contributed by atoms with Crippen LogP contribution in [0.1, 0.15) is 0 Å². The molecular formula is C6H4O-2. The number of hydrogen-bond acceptors (Lipinski definition) is 1. The SMILES string of the molecule is [O-]c1c[c-]ccc1. The van der Waals surface area contributed by atoms with Gasteiger partial charge in [0.05, 0.1) is 0 Å². The molecule has 7 heavy (non-hydrogen) atoms. The first kappa shape index (κ1) is 4.19. The van der Waals surface area contributed by atoms with Crippen LogP contribution in [0.5, 0.6) is 5.75 Å². The van der Waals surface area contributed by atoms with Crippen LogP contribution in [0.4, 0.5) is 0 Å². The summed E-state index contributed by atoms with van der Waals surface area (Å²) in [5.41, 5.74) is 0. The maximum absolute atomic E-state index is 10.2. The van der Waals surface area contributed by atoms with E-state index in [9.17, 15) is 5.11 Å². The van der Waals surface area contributed by atoms with Crippen LogP contribution in [-0.4, -0.2) is 0 Å². The molecule has 0 aromatic heterocycles. The van der Waals surface area contributed by atoms with E-state index < -0.39 is 0 Å². The molecule has 0 radical (unpaired) electrons. The first-order chi connectivity index (χ1) is 3.39. The summed E-state index contributed by atoms with van der Waals surface area (Å²) in [5, 5.41) is 10.2. The Kier molecular flexibility index (Phi) is 0.984. The molecule has 0 spiro atoms. The average molecular weight is 92.1 g/mol. The summed E-state index contributed by atoms with van der Waals surface area (Å²) in [6.45, 7) is 0. The second-order valence-corrected chi connectivity index (χ2v) is 1.24. The topological polar surface area (TPSA) is 23.1 Å². The quantitative estimate of drug-likeness (QED) is 0.429. The summed E-state index contributed by atoms with van der Waals surface area (Å²) in [4.78, 5) is 0. The number of hydrogen-bond donors (Lipinski definition) is 0. The molecule has 0 saturated carbocycles. The fourth-order valence-corrected chi connectivity index (χ4v) is 0.377. The molecule has 1 nitrogen and oxygen atoms in total. The van der Waals surface area contributed by atoms with Gasteiger partial charge in [-0.2, -0.15) is 30.3 Å². The van der Waals surface area contributed by atoms with Gasteiger partial charge in [-0.15, -0.1) is 0 Å². The van der Waals surface area contributed by atoms with Crippen LogP contribution >= 0.6 is 0 Å². The number of rotatable bonds is 0. The van der Waals surface area contributed by atoms with Gasteiger partial charge in [-0.05, 0) is 0 Å². The minimum absolute atomic E-state index is 0.0162. The van der Waals surface area contributed by atoms with Gasteiger partial charge in [0.1, 0.15) is 0 Å². The van der Waals surface area contributed by atoms with E-state index in [0.717, 1.165) is 0 Å². The molecule has 0 aliphatic heterocycles. The van der Waals surface area contributed by atoms with Crippen molar-refractivity contribution in [2.24, 2.45) is 0 Å². The lowest BCUT2D eigenvalue weighted by Gasteiger charge is -2.09. The Bertz CT molecular complexity index is 134. The summed E-state index contributed by atoms with van der Waals surface area (Å²) in [6, 6.07) is 8.91. The van der Waals surface area contributed by atoms with Gasteiger partial charge in [0.15, 0.2) is 0 Å². The molecule has 1 heteroatoms. The Hall–Kier alpha value is -0.980. The third kappa shape index (κ3) is 0.929. The first-order valence-electron chi connectivity index (χ1n) is 2.03. The summed E-state index contributed by atoms with van der Waals surface area (Å²) >= 11 is 0. The standard InChI is InChI=1S/C6H5O/c7-6-4-2-1-3-5-6/h1-2,4-5,7H/q-1/p-1. The summed E-state index contributed by atoms with van der Waals surface area (Å²) < 4.78 is 0. The molecule has 0 aliphatic rings. The zero-order valence-electron chi connectivity index (χ0n) is 3.72. The van der Waals surface area contributed by atoms with Crippen molar-refractivity contribution in [1.82, 2.24) is 0 Å². The highest BCUT2D eigenvalue weighted by atomic mass is 16.3. The van der Waals surface area contributed by atoms with E-state index in [1.54, 1.807) is 12.1 Å². The second-order valence-electron chi connectivity index (χ2n) is 1.24. The second kappa shape index (κ2) is 1.65. The van der Waals surface area contributed by atoms with E-state index >= 15 is 0 Å². The molecule has 0 N–H and O–H groups in total. The minimum atomic E-state index is 0.0162. The lowest BCUT2D eigenvalue weighted by Crippen LogP contribution is -1.85. The van der Waals surface area contributed by atoms with Crippen LogP contribution in [0.2, 0.25) is 0 Å². The van der Waals surface area contributed by atoms with Gasteiger partial charge in [0, 0.05) is 0 Å². The van der Waals surface area contributed by atoms with Crippen molar-refractivity contribution in [3.63, 3.8) is 0 Å². The molecule has 36 valence electrons. The molecular weight excluding hydrogens is 88.1 g/mol. The molecule has 0 fully saturated rings. The zero-order valence-corrected chi connectivity index (χ0v) is 3.72. The molecule has 0 atom stereocenters. The lowest BCUT2D eigenvalue weighted by molar-refractivity contribution is -0.268. The highest BCUT2D eigenvalue weighted by Crippen LogP contribution is 1.97. The molecule has 1 rings (SSSR count). The van der Waals surface area contributed by atoms with Gasteiger partial charge in [-0.3, -0.25) is 0 Å². The highest BCUT2D eigenvalue weighted by molar-refractivity contribution is 5.16. The van der Waals surface area contributed by atoms with Crippen molar-refractivity contribution < 1.29 is 5.11 Å². The Labute approximate surface area is 42.2 Å². The predicted molar refractivity (Wildman–Crippen MR) is 24.7 cm³/mol. The summed E-state index contributed by atoms with van der Waals surface area (Å²) in [5.74, 6) is 0.0162. The van der Waals surface area contributed by atoms with Gasteiger partial charge in [-0.25, -0.2) is 5.75 Å². The average Bonchev–Trinajstić information content (AvgIpc) is 1.69. The molecule has 0 heterocycles. The van der Waals surface area contributed by atoms with Gasteiger partial charge >= 0.3 is 0 Å². The maximum Gasteiger partial charge on any atom is -0.171 e. The number of benzene rings is 1. The van der Waals surface area contributed by atoms with E-state index in [1.165, 1.54) is 12.1 Å². The molecule has 0 amide bonds. The van der Waals surface area contributed by atoms with E-state index in [-0.39, 0.29) is 5.75 Å². The van der Waals surface area contributed by atoms with Gasteiger partial charge in [0.25, 0.3) is 0 Å². The fraction of sp³-hybridized carbons (Fsp3) is 0. The van der Waals surface area contributed by atoms with Crippen LogP contribution < -0.4 is 5.11 Å². The Balaban J connectivity index is 3.02. The Morgan fingerprint density at radius 2 is 2.43 bits per heavy atom. The van der Waals surface area contributed by atoms with Crippen molar-refractivity contribution in [3.8, 4) is 5.75 Å². The monoisotopic (exact) mass is 92.0 g/mol. The third-order valence-corrected chi connectivity index (χ3v) is 0.679. The largest absolute Gasteiger partial charge is 0.928 e. The van der Waals surface area contributed by atoms with Crippen molar-refractivity contribution in [3.05, 3.63) is 30.3 Å². The van der Waals surface area contributed by atoms with Crippen molar-refractivity contribution in [1.29, 1.82) is 0 Å². The van der Waals surface area contributed by atoms with Crippen LogP contribution in [0.3, 0.4) is 0 Å². The highest BCUT2D eigenvalue weighted by Gasteiger charge is 1.53. The van der Waals surface area contributed by atoms with Crippen molar-refractivity contribution >= 4 is 0 Å². The Morgan fingerprint density at radius 3 is 2.71 bits per heavy atom. The Morgan fingerprint density at radius 1 is 1.57 bits per heavy atom. The van der Waals surface area contributed by atoms with Gasteiger partial charge in [0.2, 0.25) is 0 Å². The summed E-state index contributed by atoms with van der Waals surface area (Å²) in [6.07, 6.45) is 0. The van der Waals surface area contributed by atoms with Crippen LogP contribution in [0.25, 0.3) is 0 Å². The van der Waals surface area contributed by atoms with Crippen LogP contribution in [0, 0.1) is 6.07 Å². The van der Waals surface area contributed by atoms with E-state index in [4.69, 9.17) is 0 Å². The van der Waals surface area contributed by atoms with Gasteiger partial charge in [-0.1, -0.05) is 0 Å². The normalized spacial score (nSPS) is 8.57. The first-order valence-corrected chi connectivity index (χ1v) is 2.03. The fourth-order valence-electron chi connectivity index (χ4n) is 0.377. The van der Waals surface area contributed by atoms with E-state index in [0.29, 0.717) is 0 Å². The van der Waals surface area contributed by atoms with Crippen molar-refractivity contribution in [2.45, 2.75) is 0 Å². The molecule has 0 unspecified atom stereocenters. The van der Waals surface area contributed by atoms with Crippen molar-refractivity contribution in [2.75, 3.05) is 0 Å². The molecule has 0 aliphatic carbocycles. The third-order valence-electron chi connectivity index (χ3n) is 0.679. The molecule has 1 aromatic carbocycles. The van der Waals surface area contributed by atoms with Crippen LogP contribution in [-0.2, 0) is 0 Å². The molecule has 1 aromatic rings. The van der Waals surface area contributed by atoms with E-state index in [1.807, 2.05) is 0 Å². The van der Waals surface area contributed by atoms with E-state index in [2.05, 4.69) is 6.07 Å². The summed E-state index contributed by atoms with van der Waals surface area (Å²) in [7, 11) is 0. The zero-order chi connectivity index (χ0) is 5.11. The minimum Gasteiger partial charge on any atom is -0.928 e. The lowest BCUT2D eigenvalue weighted by atomic mass is 10.3. The maximum atomic E-state index is 10.2.